The summed E-state index contributed by atoms with van der Waals surface area (Å²) in [4.78, 5) is 20.1. The molecule has 2 N–H and O–H groups in total. The van der Waals surface area contributed by atoms with Gasteiger partial charge in [-0.3, -0.25) is 4.68 Å². The van der Waals surface area contributed by atoms with Crippen molar-refractivity contribution < 1.29 is 24.5 Å². The smallest absolute Gasteiger partial charge is 0.407 e. The van der Waals surface area contributed by atoms with Gasteiger partial charge in [0, 0.05) is 44.7 Å². The Morgan fingerprint density at radius 1 is 0.800 bits per heavy atom. The molecule has 10 heteroatoms. The molecule has 260 valence electrons. The predicted molar refractivity (Wildman–Crippen MR) is 193 cm³/mol. The van der Waals surface area contributed by atoms with Crippen LogP contribution in [0, 0.1) is 11.8 Å². The van der Waals surface area contributed by atoms with E-state index in [9.17, 15) is 15.0 Å². The molecule has 3 aromatic carbocycles. The second kappa shape index (κ2) is 14.4. The van der Waals surface area contributed by atoms with Crippen molar-refractivity contribution in [2.24, 2.45) is 18.9 Å². The number of hydrogen-bond acceptors (Lipinski definition) is 7. The molecule has 1 amide bonds. The number of hydrogen-bond donors (Lipinski definition) is 2. The van der Waals surface area contributed by atoms with Gasteiger partial charge in [0.1, 0.15) is 18.9 Å². The van der Waals surface area contributed by atoms with Crippen LogP contribution in [0.4, 0.5) is 10.5 Å². The second-order valence-corrected chi connectivity index (χ2v) is 13.7. The number of nitrogens with zero attached hydrogens (tertiary/aromatic N) is 5. The molecule has 2 aliphatic rings. The zero-order valence-electron chi connectivity index (χ0n) is 28.7. The number of aryl methyl sites for hydroxylation is 1. The van der Waals surface area contributed by atoms with Gasteiger partial charge in [0.05, 0.1) is 22.4 Å². The number of carbonyl (C=O) groups is 1. The van der Waals surface area contributed by atoms with E-state index < -0.39 is 11.7 Å². The Balaban J connectivity index is 1.12. The van der Waals surface area contributed by atoms with Gasteiger partial charge < -0.3 is 29.5 Å². The van der Waals surface area contributed by atoms with Crippen LogP contribution in [0.1, 0.15) is 43.7 Å². The van der Waals surface area contributed by atoms with Crippen molar-refractivity contribution in [2.45, 2.75) is 51.4 Å². The molecule has 0 bridgehead atoms. The SMILES string of the molecule is Cn1nc(-c2ccc(OCc3ccccc3)nc2OCc2ccccc2)c2cccc(N3CCC([C@](C)(O)C4CCN(C(=O)O)CC4)CC3)c21. The Morgan fingerprint density at radius 3 is 2.02 bits per heavy atom. The Morgan fingerprint density at radius 2 is 1.40 bits per heavy atom. The molecule has 5 aromatic rings. The summed E-state index contributed by atoms with van der Waals surface area (Å²) in [5.74, 6) is 1.19. The second-order valence-electron chi connectivity index (χ2n) is 13.7. The van der Waals surface area contributed by atoms with Gasteiger partial charge in [0.2, 0.25) is 11.8 Å². The number of para-hydroxylation sites is 1. The maximum absolute atomic E-state index is 11.7. The summed E-state index contributed by atoms with van der Waals surface area (Å²) < 4.78 is 14.4. The van der Waals surface area contributed by atoms with Gasteiger partial charge in [-0.05, 0) is 67.7 Å². The Kier molecular flexibility index (Phi) is 9.63. The molecule has 0 unspecified atom stereocenters. The summed E-state index contributed by atoms with van der Waals surface area (Å²) >= 11 is 0. The van der Waals surface area contributed by atoms with E-state index in [1.165, 1.54) is 4.90 Å². The molecule has 2 fully saturated rings. The number of aromatic nitrogens is 3. The van der Waals surface area contributed by atoms with Crippen molar-refractivity contribution in [1.29, 1.82) is 0 Å². The van der Waals surface area contributed by atoms with Crippen LogP contribution in [0.3, 0.4) is 0 Å². The number of likely N-dealkylation sites (tertiary alicyclic amines) is 1. The highest BCUT2D eigenvalue weighted by Gasteiger charge is 2.42. The van der Waals surface area contributed by atoms with Crippen LogP contribution in [0.5, 0.6) is 11.8 Å². The number of piperidine rings is 2. The van der Waals surface area contributed by atoms with Crippen LogP contribution >= 0.6 is 0 Å². The highest BCUT2D eigenvalue weighted by molar-refractivity contribution is 6.01. The summed E-state index contributed by atoms with van der Waals surface area (Å²) in [6, 6.07) is 30.2. The lowest BCUT2D eigenvalue weighted by atomic mass is 9.70. The van der Waals surface area contributed by atoms with Crippen LogP contribution in [0.15, 0.2) is 91.0 Å². The van der Waals surface area contributed by atoms with E-state index in [-0.39, 0.29) is 11.8 Å². The predicted octanol–water partition coefficient (Wildman–Crippen LogP) is 7.15. The summed E-state index contributed by atoms with van der Waals surface area (Å²) in [5.41, 5.74) is 4.99. The standard InChI is InChI=1S/C40H45N5O5/c1-40(48,31-20-24-45(25-21-31)39(46)47)30-18-22-44(23-19-30)34-15-9-14-32-36(42-43(2)37(32)34)33-16-17-35(49-26-28-10-5-3-6-11-28)41-38(33)50-27-29-12-7-4-8-13-29/h3-17,30-31,48H,18-27H2,1-2H3,(H,46,47)/t40-/m0/s1. The molecule has 4 heterocycles. The molecule has 0 aliphatic carbocycles. The third kappa shape index (κ3) is 6.98. The van der Waals surface area contributed by atoms with Crippen molar-refractivity contribution >= 4 is 22.7 Å². The lowest BCUT2D eigenvalue weighted by molar-refractivity contribution is -0.0780. The fourth-order valence-electron chi connectivity index (χ4n) is 7.72. The average molecular weight is 676 g/mol. The molecule has 50 heavy (non-hydrogen) atoms. The largest absolute Gasteiger partial charge is 0.473 e. The van der Waals surface area contributed by atoms with Gasteiger partial charge in [-0.1, -0.05) is 72.8 Å². The summed E-state index contributed by atoms with van der Waals surface area (Å²) in [5, 5.41) is 27.1. The normalized spacial score (nSPS) is 17.1. The zero-order chi connectivity index (χ0) is 34.7. The number of carboxylic acid groups (broad SMARTS) is 1. The number of fused-ring (bicyclic) bond motifs is 1. The summed E-state index contributed by atoms with van der Waals surface area (Å²) in [7, 11) is 1.98. The third-order valence-electron chi connectivity index (χ3n) is 10.6. The fourth-order valence-corrected chi connectivity index (χ4v) is 7.72. The van der Waals surface area contributed by atoms with Crippen LogP contribution in [-0.2, 0) is 20.3 Å². The molecular formula is C40H45N5O5. The highest BCUT2D eigenvalue weighted by atomic mass is 16.5. The van der Waals surface area contributed by atoms with Crippen molar-refractivity contribution in [3.05, 3.63) is 102 Å². The van der Waals surface area contributed by atoms with E-state index in [2.05, 4.69) is 23.1 Å². The van der Waals surface area contributed by atoms with E-state index in [1.54, 1.807) is 0 Å². The van der Waals surface area contributed by atoms with Gasteiger partial charge in [0.25, 0.3) is 0 Å². The van der Waals surface area contributed by atoms with Crippen molar-refractivity contribution in [2.75, 3.05) is 31.1 Å². The van der Waals surface area contributed by atoms with Crippen LogP contribution in [-0.4, -0.2) is 67.8 Å². The monoisotopic (exact) mass is 675 g/mol. The molecular weight excluding hydrogens is 630 g/mol. The molecule has 7 rings (SSSR count). The lowest BCUT2D eigenvalue weighted by Crippen LogP contribution is -2.51. The molecule has 2 saturated heterocycles. The Bertz CT molecular complexity index is 1910. The van der Waals surface area contributed by atoms with E-state index in [0.717, 1.165) is 64.9 Å². The lowest BCUT2D eigenvalue weighted by Gasteiger charge is -2.46. The first kappa shape index (κ1) is 33.4. The van der Waals surface area contributed by atoms with Crippen molar-refractivity contribution in [1.82, 2.24) is 19.7 Å². The average Bonchev–Trinajstić information content (AvgIpc) is 3.50. The molecule has 0 saturated carbocycles. The van der Waals surface area contributed by atoms with Gasteiger partial charge in [-0.15, -0.1) is 0 Å². The first-order chi connectivity index (χ1) is 24.3. The Labute approximate surface area is 292 Å². The van der Waals surface area contributed by atoms with Gasteiger partial charge in [-0.25, -0.2) is 4.79 Å². The molecule has 0 radical (unpaired) electrons. The van der Waals surface area contributed by atoms with Crippen molar-refractivity contribution in [3.8, 4) is 23.0 Å². The molecule has 0 spiro atoms. The molecule has 2 aliphatic heterocycles. The van der Waals surface area contributed by atoms with E-state index >= 15 is 0 Å². The number of ether oxygens (including phenoxy) is 2. The first-order valence-corrected chi connectivity index (χ1v) is 17.5. The number of aliphatic hydroxyl groups is 1. The quantitative estimate of drug-likeness (QED) is 0.161. The van der Waals surface area contributed by atoms with Gasteiger partial charge in [0.15, 0.2) is 0 Å². The first-order valence-electron chi connectivity index (χ1n) is 17.5. The maximum atomic E-state index is 11.7. The number of benzene rings is 3. The Hall–Kier alpha value is -5.09. The summed E-state index contributed by atoms with van der Waals surface area (Å²) in [6.45, 7) is 5.32. The maximum Gasteiger partial charge on any atom is 0.407 e. The molecule has 1 atom stereocenters. The zero-order valence-corrected chi connectivity index (χ0v) is 28.7. The third-order valence-corrected chi connectivity index (χ3v) is 10.6. The minimum Gasteiger partial charge on any atom is -0.473 e. The minimum atomic E-state index is -0.874. The van der Waals surface area contributed by atoms with Crippen molar-refractivity contribution in [3.63, 3.8) is 0 Å². The summed E-state index contributed by atoms with van der Waals surface area (Å²) in [6.07, 6.45) is 2.24. The minimum absolute atomic E-state index is 0.0970. The number of anilines is 1. The van der Waals surface area contributed by atoms with E-state index in [0.29, 0.717) is 50.9 Å². The molecule has 2 aromatic heterocycles. The molecule has 10 nitrogen and oxygen atoms in total. The number of pyridine rings is 1. The van der Waals surface area contributed by atoms with Crippen LogP contribution in [0.25, 0.3) is 22.2 Å². The van der Waals surface area contributed by atoms with Crippen LogP contribution < -0.4 is 14.4 Å². The van der Waals surface area contributed by atoms with Gasteiger partial charge in [-0.2, -0.15) is 10.1 Å². The highest BCUT2D eigenvalue weighted by Crippen LogP contribution is 2.42. The number of amides is 1. The van der Waals surface area contributed by atoms with E-state index in [1.807, 2.05) is 91.4 Å². The topological polar surface area (TPSA) is 113 Å². The fraction of sp³-hybridized carbons (Fsp3) is 0.375. The van der Waals surface area contributed by atoms with Crippen LogP contribution in [0.2, 0.25) is 0 Å². The number of rotatable bonds is 10. The van der Waals surface area contributed by atoms with E-state index in [4.69, 9.17) is 19.6 Å². The van der Waals surface area contributed by atoms with Gasteiger partial charge >= 0.3 is 6.09 Å².